The second kappa shape index (κ2) is 5.68. The van der Waals surface area contributed by atoms with Gasteiger partial charge in [-0.3, -0.25) is 10.1 Å². The van der Waals surface area contributed by atoms with Gasteiger partial charge in [0.15, 0.2) is 0 Å². The van der Waals surface area contributed by atoms with E-state index in [1.807, 2.05) is 17.5 Å². The Morgan fingerprint density at radius 2 is 1.90 bits per heavy atom. The Kier molecular flexibility index (Phi) is 3.57. The number of ether oxygens (including phenoxy) is 1. The summed E-state index contributed by atoms with van der Waals surface area (Å²) in [5.74, 6) is 0.916. The number of rotatable bonds is 4. The highest BCUT2D eigenvalue weighted by Crippen LogP contribution is 2.26. The Bertz CT molecular complexity index is 740. The Labute approximate surface area is 123 Å². The van der Waals surface area contributed by atoms with Crippen molar-refractivity contribution in [3.63, 3.8) is 0 Å². The van der Waals surface area contributed by atoms with E-state index in [4.69, 9.17) is 4.74 Å². The molecule has 0 aliphatic heterocycles. The minimum Gasteiger partial charge on any atom is -0.439 e. The molecule has 0 N–H and O–H groups in total. The fourth-order valence-electron chi connectivity index (χ4n) is 1.69. The maximum absolute atomic E-state index is 10.5. The molecule has 2 heterocycles. The first-order chi connectivity index (χ1) is 10.2. The predicted octanol–water partition coefficient (Wildman–Crippen LogP) is 3.91. The summed E-state index contributed by atoms with van der Waals surface area (Å²) in [6.45, 7) is 0. The molecule has 0 radical (unpaired) electrons. The smallest absolute Gasteiger partial charge is 0.287 e. The summed E-state index contributed by atoms with van der Waals surface area (Å²) >= 11 is 1.56. The van der Waals surface area contributed by atoms with Crippen LogP contribution in [0.5, 0.6) is 11.6 Å². The van der Waals surface area contributed by atoms with E-state index in [-0.39, 0.29) is 5.69 Å². The molecule has 3 aromatic rings. The molecule has 0 bridgehead atoms. The van der Waals surface area contributed by atoms with Crippen molar-refractivity contribution in [1.82, 2.24) is 9.97 Å². The predicted molar refractivity (Wildman–Crippen MR) is 78.5 cm³/mol. The van der Waals surface area contributed by atoms with Crippen LogP contribution >= 0.6 is 11.3 Å². The number of hydrogen-bond acceptors (Lipinski definition) is 6. The standard InChI is InChI=1S/C14H9N3O3S/c18-17(19)11-3-6-13(16-9-11)20-12-4-1-10(2-5-12)14-15-7-8-21-14/h1-9H. The highest BCUT2D eigenvalue weighted by Gasteiger charge is 2.07. The maximum Gasteiger partial charge on any atom is 0.287 e. The van der Waals surface area contributed by atoms with Gasteiger partial charge in [-0.2, -0.15) is 0 Å². The van der Waals surface area contributed by atoms with E-state index < -0.39 is 4.92 Å². The number of nitrogens with zero attached hydrogens (tertiary/aromatic N) is 3. The van der Waals surface area contributed by atoms with E-state index in [1.54, 1.807) is 29.7 Å². The fourth-order valence-corrected chi connectivity index (χ4v) is 2.34. The lowest BCUT2D eigenvalue weighted by atomic mass is 10.2. The molecule has 0 fully saturated rings. The molecule has 1 aromatic carbocycles. The highest BCUT2D eigenvalue weighted by molar-refractivity contribution is 7.13. The van der Waals surface area contributed by atoms with Gasteiger partial charge in [0.05, 0.1) is 4.92 Å². The van der Waals surface area contributed by atoms with Crippen molar-refractivity contribution >= 4 is 17.0 Å². The molecule has 0 unspecified atom stereocenters. The molecule has 0 aliphatic carbocycles. The van der Waals surface area contributed by atoms with E-state index in [1.165, 1.54) is 18.3 Å². The van der Waals surface area contributed by atoms with Crippen LogP contribution in [0, 0.1) is 10.1 Å². The Balaban J connectivity index is 1.74. The third-order valence-electron chi connectivity index (χ3n) is 2.69. The normalized spacial score (nSPS) is 10.3. The van der Waals surface area contributed by atoms with Gasteiger partial charge in [0.2, 0.25) is 5.88 Å². The van der Waals surface area contributed by atoms with E-state index >= 15 is 0 Å². The number of thiazole rings is 1. The van der Waals surface area contributed by atoms with E-state index in [2.05, 4.69) is 9.97 Å². The van der Waals surface area contributed by atoms with Crippen LogP contribution in [-0.4, -0.2) is 14.9 Å². The van der Waals surface area contributed by atoms with Crippen molar-refractivity contribution in [3.8, 4) is 22.2 Å². The molecule has 0 saturated heterocycles. The van der Waals surface area contributed by atoms with Crippen LogP contribution < -0.4 is 4.74 Å². The molecule has 0 aliphatic rings. The zero-order valence-electron chi connectivity index (χ0n) is 10.7. The van der Waals surface area contributed by atoms with Crippen LogP contribution in [0.1, 0.15) is 0 Å². The summed E-state index contributed by atoms with van der Waals surface area (Å²) in [6.07, 6.45) is 2.92. The molecule has 7 heteroatoms. The summed E-state index contributed by atoms with van der Waals surface area (Å²) < 4.78 is 5.53. The number of nitro groups is 1. The van der Waals surface area contributed by atoms with Crippen LogP contribution in [-0.2, 0) is 0 Å². The minimum atomic E-state index is -0.500. The van der Waals surface area contributed by atoms with E-state index in [0.29, 0.717) is 11.6 Å². The van der Waals surface area contributed by atoms with Gasteiger partial charge < -0.3 is 4.74 Å². The monoisotopic (exact) mass is 299 g/mol. The number of benzene rings is 1. The first-order valence-corrected chi connectivity index (χ1v) is 6.88. The lowest BCUT2D eigenvalue weighted by Crippen LogP contribution is -1.91. The zero-order chi connectivity index (χ0) is 14.7. The van der Waals surface area contributed by atoms with Crippen LogP contribution in [0.25, 0.3) is 10.6 Å². The molecular weight excluding hydrogens is 290 g/mol. The largest absolute Gasteiger partial charge is 0.439 e. The van der Waals surface area contributed by atoms with Crippen LogP contribution in [0.2, 0.25) is 0 Å². The Morgan fingerprint density at radius 3 is 2.48 bits per heavy atom. The molecule has 2 aromatic heterocycles. The summed E-state index contributed by atoms with van der Waals surface area (Å²) in [5.41, 5.74) is 0.940. The first kappa shape index (κ1) is 13.2. The average molecular weight is 299 g/mol. The molecule has 0 saturated carbocycles. The summed E-state index contributed by atoms with van der Waals surface area (Å²) in [6, 6.07) is 10.2. The number of hydrogen-bond donors (Lipinski definition) is 0. The van der Waals surface area contributed by atoms with Crippen LogP contribution in [0.3, 0.4) is 0 Å². The fraction of sp³-hybridized carbons (Fsp3) is 0. The average Bonchev–Trinajstić information content (AvgIpc) is 3.03. The number of pyridine rings is 1. The van der Waals surface area contributed by atoms with Crippen molar-refractivity contribution in [1.29, 1.82) is 0 Å². The van der Waals surface area contributed by atoms with Gasteiger partial charge in [-0.1, -0.05) is 0 Å². The second-order valence-electron chi connectivity index (χ2n) is 4.08. The second-order valence-corrected chi connectivity index (χ2v) is 4.97. The molecule has 0 spiro atoms. The van der Waals surface area contributed by atoms with Crippen molar-refractivity contribution in [2.75, 3.05) is 0 Å². The summed E-state index contributed by atoms with van der Waals surface area (Å²) in [5, 5.41) is 13.4. The molecule has 0 atom stereocenters. The summed E-state index contributed by atoms with van der Waals surface area (Å²) in [7, 11) is 0. The minimum absolute atomic E-state index is 0.0681. The first-order valence-electron chi connectivity index (χ1n) is 6.00. The van der Waals surface area contributed by atoms with Gasteiger partial charge in [-0.05, 0) is 24.3 Å². The van der Waals surface area contributed by atoms with Crippen molar-refractivity contribution < 1.29 is 9.66 Å². The molecular formula is C14H9N3O3S. The third kappa shape index (κ3) is 3.03. The number of aromatic nitrogens is 2. The van der Waals surface area contributed by atoms with Gasteiger partial charge >= 0.3 is 0 Å². The van der Waals surface area contributed by atoms with Gasteiger partial charge in [0, 0.05) is 29.3 Å². The lowest BCUT2D eigenvalue weighted by Gasteiger charge is -2.04. The van der Waals surface area contributed by atoms with Crippen LogP contribution in [0.15, 0.2) is 54.2 Å². The molecule has 0 amide bonds. The molecule has 3 rings (SSSR count). The summed E-state index contributed by atoms with van der Waals surface area (Å²) in [4.78, 5) is 18.2. The Morgan fingerprint density at radius 1 is 1.10 bits per heavy atom. The lowest BCUT2D eigenvalue weighted by molar-refractivity contribution is -0.385. The molecule has 6 nitrogen and oxygen atoms in total. The van der Waals surface area contributed by atoms with E-state index in [9.17, 15) is 10.1 Å². The van der Waals surface area contributed by atoms with Crippen molar-refractivity contribution in [2.24, 2.45) is 0 Å². The van der Waals surface area contributed by atoms with Crippen LogP contribution in [0.4, 0.5) is 5.69 Å². The SMILES string of the molecule is O=[N+]([O-])c1ccc(Oc2ccc(-c3nccs3)cc2)nc1. The van der Waals surface area contributed by atoms with Crippen molar-refractivity contribution in [3.05, 3.63) is 64.3 Å². The van der Waals surface area contributed by atoms with Gasteiger partial charge in [-0.15, -0.1) is 11.3 Å². The highest BCUT2D eigenvalue weighted by atomic mass is 32.1. The topological polar surface area (TPSA) is 78.2 Å². The van der Waals surface area contributed by atoms with Gasteiger partial charge in [-0.25, -0.2) is 9.97 Å². The molecule has 104 valence electrons. The zero-order valence-corrected chi connectivity index (χ0v) is 11.5. The van der Waals surface area contributed by atoms with E-state index in [0.717, 1.165) is 10.6 Å². The Hall–Kier alpha value is -2.80. The molecule has 21 heavy (non-hydrogen) atoms. The van der Waals surface area contributed by atoms with Gasteiger partial charge in [0.1, 0.15) is 17.0 Å². The maximum atomic E-state index is 10.5. The quantitative estimate of drug-likeness (QED) is 0.539. The van der Waals surface area contributed by atoms with Gasteiger partial charge in [0.25, 0.3) is 5.69 Å². The third-order valence-corrected chi connectivity index (χ3v) is 3.51. The van der Waals surface area contributed by atoms with Crippen molar-refractivity contribution in [2.45, 2.75) is 0 Å².